The number of nitrogens with one attached hydrogen (secondary N) is 2. The summed E-state index contributed by atoms with van der Waals surface area (Å²) in [6.45, 7) is 2.57. The highest BCUT2D eigenvalue weighted by Crippen LogP contribution is 2.03. The second kappa shape index (κ2) is 6.10. The summed E-state index contributed by atoms with van der Waals surface area (Å²) in [5, 5.41) is 22.9. The van der Waals surface area contributed by atoms with E-state index in [4.69, 9.17) is 10.2 Å². The van der Waals surface area contributed by atoms with Crippen LogP contribution in [-0.4, -0.2) is 51.5 Å². The Hall–Kier alpha value is -1.47. The van der Waals surface area contributed by atoms with Crippen molar-refractivity contribution in [2.24, 2.45) is 0 Å². The van der Waals surface area contributed by atoms with Crippen molar-refractivity contribution in [3.8, 4) is 0 Å². The van der Waals surface area contributed by atoms with E-state index in [0.717, 1.165) is 0 Å². The Bertz CT molecular complexity index is 281. The first-order valence-electron chi connectivity index (χ1n) is 4.68. The third-order valence-electron chi connectivity index (χ3n) is 1.54. The number of aliphatic hydroxyl groups excluding tert-OH is 2. The molecule has 0 saturated carbocycles. The third-order valence-corrected chi connectivity index (χ3v) is 1.54. The summed E-state index contributed by atoms with van der Waals surface area (Å²) in [7, 11) is 0. The topological polar surface area (TPSA) is 103 Å². The summed E-state index contributed by atoms with van der Waals surface area (Å²) in [6, 6.07) is 0. The number of rotatable bonds is 6. The molecule has 0 saturated heterocycles. The highest BCUT2D eigenvalue weighted by molar-refractivity contribution is 5.34. The van der Waals surface area contributed by atoms with E-state index in [2.05, 4.69) is 25.6 Å². The summed E-state index contributed by atoms with van der Waals surface area (Å²) in [6.07, 6.45) is 0. The highest BCUT2D eigenvalue weighted by atomic mass is 16.3. The summed E-state index contributed by atoms with van der Waals surface area (Å²) in [5.41, 5.74) is 0. The Balaban J connectivity index is 2.66. The Morgan fingerprint density at radius 2 is 1.40 bits per heavy atom. The smallest absolute Gasteiger partial charge is 0.227 e. The van der Waals surface area contributed by atoms with Crippen molar-refractivity contribution in [2.75, 3.05) is 36.9 Å². The van der Waals surface area contributed by atoms with E-state index in [1.165, 1.54) is 0 Å². The molecule has 0 radical (unpaired) electrons. The molecular formula is C8H15N5O2. The van der Waals surface area contributed by atoms with Gasteiger partial charge in [-0.1, -0.05) is 0 Å². The quantitative estimate of drug-likeness (QED) is 0.480. The molecule has 15 heavy (non-hydrogen) atoms. The second-order valence-electron chi connectivity index (χ2n) is 2.83. The van der Waals surface area contributed by atoms with E-state index in [9.17, 15) is 0 Å². The van der Waals surface area contributed by atoms with E-state index >= 15 is 0 Å². The maximum Gasteiger partial charge on any atom is 0.227 e. The highest BCUT2D eigenvalue weighted by Gasteiger charge is 2.01. The molecule has 0 fully saturated rings. The molecular weight excluding hydrogens is 198 g/mol. The first kappa shape index (κ1) is 11.6. The molecule has 7 heteroatoms. The Morgan fingerprint density at radius 1 is 0.933 bits per heavy atom. The lowest BCUT2D eigenvalue weighted by Gasteiger charge is -2.06. The number of aryl methyl sites for hydroxylation is 1. The molecule has 0 amide bonds. The molecule has 0 aliphatic carbocycles. The second-order valence-corrected chi connectivity index (χ2v) is 2.83. The van der Waals surface area contributed by atoms with E-state index in [-0.39, 0.29) is 13.2 Å². The summed E-state index contributed by atoms with van der Waals surface area (Å²) in [4.78, 5) is 12.1. The van der Waals surface area contributed by atoms with Crippen molar-refractivity contribution in [1.82, 2.24) is 15.0 Å². The zero-order valence-electron chi connectivity index (χ0n) is 8.56. The Labute approximate surface area is 87.6 Å². The predicted octanol–water partition coefficient (Wildman–Crippen LogP) is -1.01. The van der Waals surface area contributed by atoms with Crippen molar-refractivity contribution >= 4 is 11.9 Å². The van der Waals surface area contributed by atoms with Gasteiger partial charge in [-0.05, 0) is 6.92 Å². The molecule has 0 unspecified atom stereocenters. The van der Waals surface area contributed by atoms with Gasteiger partial charge in [-0.2, -0.15) is 15.0 Å². The van der Waals surface area contributed by atoms with Crippen LogP contribution in [-0.2, 0) is 0 Å². The van der Waals surface area contributed by atoms with E-state index in [1.54, 1.807) is 6.92 Å². The number of hydrogen-bond acceptors (Lipinski definition) is 7. The first-order valence-corrected chi connectivity index (χ1v) is 4.68. The van der Waals surface area contributed by atoms with E-state index < -0.39 is 0 Å². The molecule has 1 aromatic heterocycles. The standard InChI is InChI=1S/C8H15N5O2/c1-6-11-7(9-2-4-14)13-8(12-6)10-3-5-15/h14-15H,2-5H2,1H3,(H2,9,10,11,12,13). The SMILES string of the molecule is Cc1nc(NCCO)nc(NCCO)n1. The van der Waals surface area contributed by atoms with E-state index in [0.29, 0.717) is 30.8 Å². The van der Waals surface area contributed by atoms with Crippen molar-refractivity contribution in [3.05, 3.63) is 5.82 Å². The van der Waals surface area contributed by atoms with Gasteiger partial charge >= 0.3 is 0 Å². The summed E-state index contributed by atoms with van der Waals surface area (Å²) >= 11 is 0. The molecule has 4 N–H and O–H groups in total. The fraction of sp³-hybridized carbons (Fsp3) is 0.625. The van der Waals surface area contributed by atoms with Gasteiger partial charge in [0.15, 0.2) is 0 Å². The third kappa shape index (κ3) is 4.05. The molecule has 0 aromatic carbocycles. The molecule has 1 heterocycles. The van der Waals surface area contributed by atoms with Crippen molar-refractivity contribution in [3.63, 3.8) is 0 Å². The van der Waals surface area contributed by atoms with Gasteiger partial charge in [0.1, 0.15) is 5.82 Å². The maximum absolute atomic E-state index is 8.63. The van der Waals surface area contributed by atoms with Gasteiger partial charge in [0.25, 0.3) is 0 Å². The van der Waals surface area contributed by atoms with Gasteiger partial charge in [-0.3, -0.25) is 0 Å². The summed E-state index contributed by atoms with van der Waals surface area (Å²) < 4.78 is 0. The van der Waals surface area contributed by atoms with Gasteiger partial charge in [0.2, 0.25) is 11.9 Å². The van der Waals surface area contributed by atoms with Crippen molar-refractivity contribution in [1.29, 1.82) is 0 Å². The molecule has 0 atom stereocenters. The Morgan fingerprint density at radius 3 is 1.80 bits per heavy atom. The number of anilines is 2. The molecule has 0 aliphatic heterocycles. The van der Waals surface area contributed by atoms with Crippen LogP contribution in [0.2, 0.25) is 0 Å². The number of aliphatic hydroxyl groups is 2. The fourth-order valence-corrected chi connectivity index (χ4v) is 0.975. The fourth-order valence-electron chi connectivity index (χ4n) is 0.975. The van der Waals surface area contributed by atoms with Gasteiger partial charge in [0, 0.05) is 13.1 Å². The number of nitrogens with zero attached hydrogens (tertiary/aromatic N) is 3. The van der Waals surface area contributed by atoms with Crippen molar-refractivity contribution in [2.45, 2.75) is 6.92 Å². The van der Waals surface area contributed by atoms with Crippen LogP contribution in [0.4, 0.5) is 11.9 Å². The molecule has 7 nitrogen and oxygen atoms in total. The molecule has 0 bridgehead atoms. The minimum Gasteiger partial charge on any atom is -0.395 e. The molecule has 1 rings (SSSR count). The summed E-state index contributed by atoms with van der Waals surface area (Å²) in [5.74, 6) is 1.40. The van der Waals surface area contributed by atoms with Gasteiger partial charge < -0.3 is 20.8 Å². The van der Waals surface area contributed by atoms with Crippen LogP contribution >= 0.6 is 0 Å². The number of aromatic nitrogens is 3. The molecule has 0 aliphatic rings. The lowest BCUT2D eigenvalue weighted by atomic mass is 10.6. The lowest BCUT2D eigenvalue weighted by Crippen LogP contribution is -2.14. The molecule has 84 valence electrons. The van der Waals surface area contributed by atoms with Crippen molar-refractivity contribution < 1.29 is 10.2 Å². The van der Waals surface area contributed by atoms with Crippen LogP contribution in [0.15, 0.2) is 0 Å². The largest absolute Gasteiger partial charge is 0.395 e. The van der Waals surface area contributed by atoms with Gasteiger partial charge in [-0.15, -0.1) is 0 Å². The molecule has 1 aromatic rings. The first-order chi connectivity index (χ1) is 7.26. The average molecular weight is 213 g/mol. The van der Waals surface area contributed by atoms with Crippen LogP contribution in [0.3, 0.4) is 0 Å². The van der Waals surface area contributed by atoms with Crippen LogP contribution in [0.25, 0.3) is 0 Å². The van der Waals surface area contributed by atoms with E-state index in [1.807, 2.05) is 0 Å². The van der Waals surface area contributed by atoms with Gasteiger partial charge in [-0.25, -0.2) is 0 Å². The van der Waals surface area contributed by atoms with Crippen LogP contribution in [0, 0.1) is 6.92 Å². The van der Waals surface area contributed by atoms with Crippen LogP contribution < -0.4 is 10.6 Å². The monoisotopic (exact) mass is 213 g/mol. The maximum atomic E-state index is 8.63. The molecule has 0 spiro atoms. The minimum absolute atomic E-state index is 0.0180. The minimum atomic E-state index is 0.0180. The predicted molar refractivity (Wildman–Crippen MR) is 55.7 cm³/mol. The average Bonchev–Trinajstić information content (AvgIpc) is 2.23. The number of hydrogen-bond donors (Lipinski definition) is 4. The van der Waals surface area contributed by atoms with Crippen LogP contribution in [0.1, 0.15) is 5.82 Å². The zero-order valence-corrected chi connectivity index (χ0v) is 8.56. The lowest BCUT2D eigenvalue weighted by molar-refractivity contribution is 0.310. The Kier molecular flexibility index (Phi) is 4.72. The normalized spacial score (nSPS) is 10.1. The van der Waals surface area contributed by atoms with Crippen LogP contribution in [0.5, 0.6) is 0 Å². The zero-order chi connectivity index (χ0) is 11.1. The van der Waals surface area contributed by atoms with Gasteiger partial charge in [0.05, 0.1) is 13.2 Å².